The number of carbonyl (C=O) groups excluding carboxylic acids is 1. The van der Waals surface area contributed by atoms with E-state index in [0.29, 0.717) is 25.2 Å². The molecule has 0 spiro atoms. The number of nitrogens with one attached hydrogen (secondary N) is 2. The predicted octanol–water partition coefficient (Wildman–Crippen LogP) is 1.20. The molecule has 0 aromatic rings. The Labute approximate surface area is 127 Å². The molecule has 2 fully saturated rings. The second-order valence-electron chi connectivity index (χ2n) is 6.37. The number of aliphatic hydroxyl groups is 1. The lowest BCUT2D eigenvalue weighted by molar-refractivity contribution is -0.124. The molecule has 2 rings (SSSR count). The van der Waals surface area contributed by atoms with E-state index < -0.39 is 6.10 Å². The van der Waals surface area contributed by atoms with Gasteiger partial charge in [0.05, 0.1) is 24.9 Å². The summed E-state index contributed by atoms with van der Waals surface area (Å²) in [6, 6.07) is -0.161. The molecule has 4 unspecified atom stereocenters. The van der Waals surface area contributed by atoms with E-state index in [1.54, 1.807) is 0 Å². The molecule has 21 heavy (non-hydrogen) atoms. The Hall–Kier alpha value is -0.650. The zero-order valence-electron chi connectivity index (χ0n) is 13.1. The topological polar surface area (TPSA) is 70.6 Å². The van der Waals surface area contributed by atoms with Crippen molar-refractivity contribution in [2.24, 2.45) is 5.92 Å². The molecule has 4 atom stereocenters. The summed E-state index contributed by atoms with van der Waals surface area (Å²) in [7, 11) is 0. The van der Waals surface area contributed by atoms with Gasteiger partial charge in [-0.15, -0.1) is 0 Å². The van der Waals surface area contributed by atoms with Crippen molar-refractivity contribution in [3.63, 3.8) is 0 Å². The quantitative estimate of drug-likeness (QED) is 0.660. The standard InChI is InChI=1S/C16H30N2O3/c1-2-12-6-3-4-8-15(12)21-11-13(19)10-18-14-7-5-9-17-16(14)20/h12-15,18-19H,2-11H2,1H3,(H,17,20). The summed E-state index contributed by atoms with van der Waals surface area (Å²) in [5.41, 5.74) is 0. The highest BCUT2D eigenvalue weighted by Crippen LogP contribution is 2.29. The summed E-state index contributed by atoms with van der Waals surface area (Å²) in [5.74, 6) is 0.690. The van der Waals surface area contributed by atoms with Gasteiger partial charge >= 0.3 is 0 Å². The Morgan fingerprint density at radius 2 is 2.14 bits per heavy atom. The van der Waals surface area contributed by atoms with E-state index >= 15 is 0 Å². The third kappa shape index (κ3) is 5.24. The molecule has 1 aliphatic carbocycles. The molecular formula is C16H30N2O3. The van der Waals surface area contributed by atoms with Crippen molar-refractivity contribution < 1.29 is 14.6 Å². The maximum absolute atomic E-state index is 11.6. The highest BCUT2D eigenvalue weighted by atomic mass is 16.5. The Bertz CT molecular complexity index is 325. The lowest BCUT2D eigenvalue weighted by atomic mass is 9.85. The summed E-state index contributed by atoms with van der Waals surface area (Å²) in [6.45, 7) is 3.76. The third-order valence-corrected chi connectivity index (χ3v) is 4.75. The Morgan fingerprint density at radius 3 is 2.90 bits per heavy atom. The fourth-order valence-electron chi connectivity index (χ4n) is 3.40. The van der Waals surface area contributed by atoms with E-state index in [1.165, 1.54) is 19.3 Å². The number of carbonyl (C=O) groups is 1. The number of ether oxygens (including phenoxy) is 1. The summed E-state index contributed by atoms with van der Waals surface area (Å²) in [4.78, 5) is 11.6. The molecule has 3 N–H and O–H groups in total. The minimum Gasteiger partial charge on any atom is -0.389 e. The molecule has 5 nitrogen and oxygen atoms in total. The largest absolute Gasteiger partial charge is 0.389 e. The fourth-order valence-corrected chi connectivity index (χ4v) is 3.40. The Kier molecular flexibility index (Phi) is 6.93. The van der Waals surface area contributed by atoms with E-state index in [0.717, 1.165) is 32.2 Å². The lowest BCUT2D eigenvalue weighted by Crippen LogP contribution is -2.50. The Balaban J connectivity index is 1.64. The van der Waals surface area contributed by atoms with Crippen LogP contribution >= 0.6 is 0 Å². The van der Waals surface area contributed by atoms with Gasteiger partial charge in [0, 0.05) is 13.1 Å². The third-order valence-electron chi connectivity index (χ3n) is 4.75. The molecule has 1 heterocycles. The van der Waals surface area contributed by atoms with E-state index in [9.17, 15) is 9.90 Å². The smallest absolute Gasteiger partial charge is 0.237 e. The average molecular weight is 298 g/mol. The van der Waals surface area contributed by atoms with Crippen LogP contribution in [0.5, 0.6) is 0 Å². The zero-order chi connectivity index (χ0) is 15.1. The maximum Gasteiger partial charge on any atom is 0.237 e. The van der Waals surface area contributed by atoms with Crippen LogP contribution in [0.25, 0.3) is 0 Å². The SMILES string of the molecule is CCC1CCCCC1OCC(O)CNC1CCCNC1=O. The summed E-state index contributed by atoms with van der Waals surface area (Å²) < 4.78 is 5.92. The van der Waals surface area contributed by atoms with Gasteiger partial charge in [-0.1, -0.05) is 26.2 Å². The van der Waals surface area contributed by atoms with Crippen LogP contribution in [-0.2, 0) is 9.53 Å². The van der Waals surface area contributed by atoms with E-state index in [-0.39, 0.29) is 11.9 Å². The first-order valence-corrected chi connectivity index (χ1v) is 8.51. The molecule has 5 heteroatoms. The van der Waals surface area contributed by atoms with Crippen molar-refractivity contribution in [3.05, 3.63) is 0 Å². The number of piperidine rings is 1. The van der Waals surface area contributed by atoms with Gasteiger partial charge in [0.15, 0.2) is 0 Å². The molecule has 1 saturated heterocycles. The molecular weight excluding hydrogens is 268 g/mol. The highest BCUT2D eigenvalue weighted by Gasteiger charge is 2.26. The summed E-state index contributed by atoms with van der Waals surface area (Å²) >= 11 is 0. The van der Waals surface area contributed by atoms with Crippen LogP contribution in [0.4, 0.5) is 0 Å². The number of hydrogen-bond donors (Lipinski definition) is 3. The number of amides is 1. The second-order valence-corrected chi connectivity index (χ2v) is 6.37. The van der Waals surface area contributed by atoms with Crippen molar-refractivity contribution in [1.82, 2.24) is 10.6 Å². The number of rotatable bonds is 7. The van der Waals surface area contributed by atoms with Crippen molar-refractivity contribution in [1.29, 1.82) is 0 Å². The monoisotopic (exact) mass is 298 g/mol. The lowest BCUT2D eigenvalue weighted by Gasteiger charge is -2.31. The minimum atomic E-state index is -0.542. The second kappa shape index (κ2) is 8.71. The van der Waals surface area contributed by atoms with Crippen LogP contribution in [0.15, 0.2) is 0 Å². The van der Waals surface area contributed by atoms with Gasteiger partial charge in [-0.25, -0.2) is 0 Å². The first-order valence-electron chi connectivity index (χ1n) is 8.51. The summed E-state index contributed by atoms with van der Waals surface area (Å²) in [6.07, 6.45) is 7.66. The van der Waals surface area contributed by atoms with Crippen molar-refractivity contribution in [2.45, 2.75) is 70.1 Å². The van der Waals surface area contributed by atoms with E-state index in [2.05, 4.69) is 17.6 Å². The predicted molar refractivity (Wildman–Crippen MR) is 82.0 cm³/mol. The molecule has 2 aliphatic rings. The molecule has 1 saturated carbocycles. The number of aliphatic hydroxyl groups excluding tert-OH is 1. The zero-order valence-corrected chi connectivity index (χ0v) is 13.1. The Morgan fingerprint density at radius 1 is 1.33 bits per heavy atom. The van der Waals surface area contributed by atoms with Gasteiger partial charge in [-0.05, 0) is 31.6 Å². The van der Waals surface area contributed by atoms with Gasteiger partial charge in [0.25, 0.3) is 0 Å². The fraction of sp³-hybridized carbons (Fsp3) is 0.938. The maximum atomic E-state index is 11.6. The molecule has 1 aliphatic heterocycles. The molecule has 0 aromatic heterocycles. The molecule has 0 aromatic carbocycles. The van der Waals surface area contributed by atoms with Gasteiger partial charge in [-0.3, -0.25) is 4.79 Å². The van der Waals surface area contributed by atoms with Crippen LogP contribution in [0.2, 0.25) is 0 Å². The van der Waals surface area contributed by atoms with Crippen molar-refractivity contribution in [2.75, 3.05) is 19.7 Å². The first-order chi connectivity index (χ1) is 10.2. The van der Waals surface area contributed by atoms with Gasteiger partial charge in [0.1, 0.15) is 0 Å². The molecule has 0 bridgehead atoms. The number of hydrogen-bond acceptors (Lipinski definition) is 4. The first kappa shape index (κ1) is 16.7. The minimum absolute atomic E-state index is 0.0488. The van der Waals surface area contributed by atoms with Crippen LogP contribution in [0, 0.1) is 5.92 Å². The van der Waals surface area contributed by atoms with E-state index in [4.69, 9.17) is 4.74 Å². The molecule has 122 valence electrons. The van der Waals surface area contributed by atoms with Crippen molar-refractivity contribution >= 4 is 5.91 Å². The summed E-state index contributed by atoms with van der Waals surface area (Å²) in [5, 5.41) is 16.0. The van der Waals surface area contributed by atoms with Crippen molar-refractivity contribution in [3.8, 4) is 0 Å². The van der Waals surface area contributed by atoms with Gasteiger partial charge < -0.3 is 20.5 Å². The average Bonchev–Trinajstić information content (AvgIpc) is 2.52. The molecule has 1 amide bonds. The molecule has 0 radical (unpaired) electrons. The van der Waals surface area contributed by atoms with Crippen LogP contribution in [-0.4, -0.2) is 49.0 Å². The van der Waals surface area contributed by atoms with Crippen LogP contribution in [0.3, 0.4) is 0 Å². The normalized spacial score (nSPS) is 31.7. The van der Waals surface area contributed by atoms with Gasteiger partial charge in [-0.2, -0.15) is 0 Å². The van der Waals surface area contributed by atoms with Crippen LogP contribution < -0.4 is 10.6 Å². The van der Waals surface area contributed by atoms with Gasteiger partial charge in [0.2, 0.25) is 5.91 Å². The highest BCUT2D eigenvalue weighted by molar-refractivity contribution is 5.82. The van der Waals surface area contributed by atoms with E-state index in [1.807, 2.05) is 0 Å². The van der Waals surface area contributed by atoms with Crippen LogP contribution in [0.1, 0.15) is 51.9 Å².